The fraction of sp³-hybridized carbons (Fsp3) is 0.200. The molecule has 8 heteroatoms. The van der Waals surface area contributed by atoms with Crippen LogP contribution in [0.2, 0.25) is 0 Å². The molecule has 0 saturated heterocycles. The maximum atomic E-state index is 13.6. The van der Waals surface area contributed by atoms with Crippen LogP contribution in [0.15, 0.2) is 76.4 Å². The van der Waals surface area contributed by atoms with Crippen LogP contribution < -0.4 is 21.0 Å². The predicted octanol–water partition coefficient (Wildman–Crippen LogP) is 2.68. The van der Waals surface area contributed by atoms with Crippen LogP contribution in [0.4, 0.5) is 11.4 Å². The summed E-state index contributed by atoms with van der Waals surface area (Å²) in [6.07, 6.45) is 1.42. The van der Waals surface area contributed by atoms with Gasteiger partial charge in [0.1, 0.15) is 5.65 Å². The van der Waals surface area contributed by atoms with Crippen molar-refractivity contribution < 1.29 is 4.79 Å². The van der Waals surface area contributed by atoms with Crippen LogP contribution in [-0.2, 0) is 13.6 Å². The average molecular weight is 441 g/mol. The molecule has 5 rings (SSSR count). The molecule has 0 bridgehead atoms. The van der Waals surface area contributed by atoms with Crippen molar-refractivity contribution in [1.82, 2.24) is 14.5 Å². The van der Waals surface area contributed by atoms with E-state index in [1.54, 1.807) is 4.90 Å². The highest BCUT2D eigenvalue weighted by Gasteiger charge is 2.32. The molecule has 166 valence electrons. The third kappa shape index (κ3) is 3.59. The highest BCUT2D eigenvalue weighted by Crippen LogP contribution is 2.37. The molecule has 33 heavy (non-hydrogen) atoms. The number of benzene rings is 2. The average Bonchev–Trinajstić information content (AvgIpc) is 2.84. The van der Waals surface area contributed by atoms with Gasteiger partial charge in [0.05, 0.1) is 22.3 Å². The summed E-state index contributed by atoms with van der Waals surface area (Å²) in [5, 5.41) is 0.201. The summed E-state index contributed by atoms with van der Waals surface area (Å²) in [5.74, 6) is -0.240. The van der Waals surface area contributed by atoms with E-state index >= 15 is 0 Å². The van der Waals surface area contributed by atoms with E-state index < -0.39 is 11.2 Å². The Hall–Kier alpha value is -4.20. The molecule has 1 unspecified atom stereocenters. The number of anilines is 2. The second kappa shape index (κ2) is 8.05. The van der Waals surface area contributed by atoms with Crippen LogP contribution in [0.25, 0.3) is 11.0 Å². The van der Waals surface area contributed by atoms with Crippen molar-refractivity contribution >= 4 is 28.3 Å². The van der Waals surface area contributed by atoms with Gasteiger partial charge in [-0.1, -0.05) is 42.5 Å². The number of para-hydroxylation sites is 2. The van der Waals surface area contributed by atoms with E-state index in [1.165, 1.54) is 29.4 Å². The number of H-pyrrole nitrogens is 1. The van der Waals surface area contributed by atoms with Gasteiger partial charge in [-0.25, -0.2) is 9.78 Å². The molecule has 0 spiro atoms. The Morgan fingerprint density at radius 1 is 1.06 bits per heavy atom. The molecule has 2 aromatic carbocycles. The summed E-state index contributed by atoms with van der Waals surface area (Å²) >= 11 is 0. The molecule has 1 aliphatic rings. The summed E-state index contributed by atoms with van der Waals surface area (Å²) in [5.41, 5.74) is 2.41. The molecule has 0 saturated carbocycles. The van der Waals surface area contributed by atoms with Gasteiger partial charge in [-0.05, 0) is 30.7 Å². The minimum Gasteiger partial charge on any atom is -0.361 e. The highest BCUT2D eigenvalue weighted by atomic mass is 16.2. The maximum absolute atomic E-state index is 13.6. The van der Waals surface area contributed by atoms with E-state index in [0.29, 0.717) is 12.1 Å². The SMILES string of the molecule is CC1CN(C(=O)c2cnc3c(c2)c(=O)[nH]c(=O)n3C)c2ccccc2N1Cc1ccccc1. The molecule has 4 aromatic rings. The van der Waals surface area contributed by atoms with E-state index in [0.717, 1.165) is 17.9 Å². The second-order valence-electron chi connectivity index (χ2n) is 8.28. The lowest BCUT2D eigenvalue weighted by molar-refractivity contribution is 0.0984. The molecule has 0 radical (unpaired) electrons. The predicted molar refractivity (Wildman–Crippen MR) is 128 cm³/mol. The standard InChI is InChI=1S/C25H23N5O3/c1-16-14-30(21-11-7-6-10-20(21)29(16)15-17-8-4-3-5-9-17)24(32)18-12-19-22(26-13-18)28(2)25(33)27-23(19)31/h3-13,16H,14-15H2,1-2H3,(H,27,31,33). The number of carbonyl (C=O) groups excluding carboxylic acids is 1. The maximum Gasteiger partial charge on any atom is 0.329 e. The van der Waals surface area contributed by atoms with Crippen molar-refractivity contribution in [2.24, 2.45) is 7.05 Å². The molecular weight excluding hydrogens is 418 g/mol. The largest absolute Gasteiger partial charge is 0.361 e. The third-order valence-electron chi connectivity index (χ3n) is 6.10. The number of pyridine rings is 1. The smallest absolute Gasteiger partial charge is 0.329 e. The Kier molecular flexibility index (Phi) is 5.05. The Balaban J connectivity index is 1.54. The van der Waals surface area contributed by atoms with Gasteiger partial charge in [0, 0.05) is 32.4 Å². The number of aryl methyl sites for hydroxylation is 1. The van der Waals surface area contributed by atoms with Crippen molar-refractivity contribution in [2.45, 2.75) is 19.5 Å². The van der Waals surface area contributed by atoms with Gasteiger partial charge in [-0.3, -0.25) is 19.1 Å². The van der Waals surface area contributed by atoms with Crippen LogP contribution in [0.5, 0.6) is 0 Å². The van der Waals surface area contributed by atoms with Gasteiger partial charge in [-0.15, -0.1) is 0 Å². The molecule has 1 amide bonds. The topological polar surface area (TPSA) is 91.3 Å². The summed E-state index contributed by atoms with van der Waals surface area (Å²) in [6, 6.07) is 19.6. The van der Waals surface area contributed by atoms with E-state index in [4.69, 9.17) is 0 Å². The quantitative estimate of drug-likeness (QED) is 0.528. The number of aromatic amines is 1. The molecule has 8 nitrogen and oxygen atoms in total. The third-order valence-corrected chi connectivity index (χ3v) is 6.10. The lowest BCUT2D eigenvalue weighted by atomic mass is 10.0. The Morgan fingerprint density at radius 2 is 1.76 bits per heavy atom. The molecule has 1 N–H and O–H groups in total. The van der Waals surface area contributed by atoms with E-state index in [2.05, 4.69) is 33.9 Å². The van der Waals surface area contributed by atoms with E-state index in [9.17, 15) is 14.4 Å². The molecular formula is C25H23N5O3. The van der Waals surface area contributed by atoms with Gasteiger partial charge in [0.2, 0.25) is 0 Å². The second-order valence-corrected chi connectivity index (χ2v) is 8.28. The van der Waals surface area contributed by atoms with Crippen LogP contribution in [0, 0.1) is 0 Å². The fourth-order valence-corrected chi connectivity index (χ4v) is 4.36. The van der Waals surface area contributed by atoms with Crippen LogP contribution >= 0.6 is 0 Å². The normalized spacial score (nSPS) is 15.5. The Morgan fingerprint density at radius 3 is 2.52 bits per heavy atom. The zero-order valence-electron chi connectivity index (χ0n) is 18.4. The van der Waals surface area contributed by atoms with Crippen molar-refractivity contribution in [2.75, 3.05) is 16.3 Å². The number of amides is 1. The molecule has 1 atom stereocenters. The molecule has 3 heterocycles. The number of carbonyl (C=O) groups is 1. The first-order chi connectivity index (χ1) is 15.9. The summed E-state index contributed by atoms with van der Waals surface area (Å²) in [7, 11) is 1.53. The van der Waals surface area contributed by atoms with Crippen LogP contribution in [0.3, 0.4) is 0 Å². The summed E-state index contributed by atoms with van der Waals surface area (Å²) in [6.45, 7) is 3.32. The minimum atomic E-state index is -0.559. The number of nitrogens with one attached hydrogen (secondary N) is 1. The molecule has 2 aromatic heterocycles. The zero-order chi connectivity index (χ0) is 23.1. The minimum absolute atomic E-state index is 0.0710. The number of hydrogen-bond donors (Lipinski definition) is 1. The molecule has 0 aliphatic carbocycles. The summed E-state index contributed by atoms with van der Waals surface area (Å²) in [4.78, 5) is 48.3. The number of nitrogens with zero attached hydrogens (tertiary/aromatic N) is 4. The first kappa shape index (κ1) is 20.7. The number of aromatic nitrogens is 3. The molecule has 0 fully saturated rings. The Labute approximate surface area is 189 Å². The van der Waals surface area contributed by atoms with Gasteiger partial charge < -0.3 is 9.80 Å². The van der Waals surface area contributed by atoms with Gasteiger partial charge in [-0.2, -0.15) is 0 Å². The monoisotopic (exact) mass is 441 g/mol. The lowest BCUT2D eigenvalue weighted by Gasteiger charge is -2.42. The van der Waals surface area contributed by atoms with E-state index in [-0.39, 0.29) is 23.0 Å². The fourth-order valence-electron chi connectivity index (χ4n) is 4.36. The van der Waals surface area contributed by atoms with E-state index in [1.807, 2.05) is 42.5 Å². The van der Waals surface area contributed by atoms with Gasteiger partial charge >= 0.3 is 5.69 Å². The zero-order valence-corrected chi connectivity index (χ0v) is 18.4. The molecule has 1 aliphatic heterocycles. The number of fused-ring (bicyclic) bond motifs is 2. The summed E-state index contributed by atoms with van der Waals surface area (Å²) < 4.78 is 1.25. The van der Waals surface area contributed by atoms with Crippen molar-refractivity contribution in [3.63, 3.8) is 0 Å². The first-order valence-corrected chi connectivity index (χ1v) is 10.7. The van der Waals surface area contributed by atoms with Crippen LogP contribution in [-0.4, -0.2) is 33.0 Å². The van der Waals surface area contributed by atoms with Gasteiger partial charge in [0.15, 0.2) is 0 Å². The van der Waals surface area contributed by atoms with Crippen molar-refractivity contribution in [3.8, 4) is 0 Å². The van der Waals surface area contributed by atoms with Crippen molar-refractivity contribution in [1.29, 1.82) is 0 Å². The number of rotatable bonds is 3. The Bertz CT molecular complexity index is 1480. The highest BCUT2D eigenvalue weighted by molar-refractivity contribution is 6.09. The van der Waals surface area contributed by atoms with Crippen LogP contribution in [0.1, 0.15) is 22.8 Å². The van der Waals surface area contributed by atoms with Gasteiger partial charge in [0.25, 0.3) is 11.5 Å². The first-order valence-electron chi connectivity index (χ1n) is 10.7. The number of hydrogen-bond acceptors (Lipinski definition) is 5. The lowest BCUT2D eigenvalue weighted by Crippen LogP contribution is -2.49. The van der Waals surface area contributed by atoms with Crippen molar-refractivity contribution in [3.05, 3.63) is 98.8 Å².